The van der Waals surface area contributed by atoms with E-state index >= 15 is 0 Å². The summed E-state index contributed by atoms with van der Waals surface area (Å²) < 4.78 is 0. The maximum absolute atomic E-state index is 5.84. The third-order valence-electron chi connectivity index (χ3n) is 4.53. The van der Waals surface area contributed by atoms with Gasteiger partial charge in [0.25, 0.3) is 0 Å². The third-order valence-corrected chi connectivity index (χ3v) is 4.53. The van der Waals surface area contributed by atoms with Crippen LogP contribution in [0.4, 0.5) is 0 Å². The summed E-state index contributed by atoms with van der Waals surface area (Å²) in [6.07, 6.45) is 8.05. The summed E-state index contributed by atoms with van der Waals surface area (Å²) in [5, 5.41) is 3.71. The van der Waals surface area contributed by atoms with Gasteiger partial charge in [0, 0.05) is 25.2 Å². The zero-order chi connectivity index (χ0) is 15.2. The Bertz CT molecular complexity index is 460. The van der Waals surface area contributed by atoms with Gasteiger partial charge in [-0.1, -0.05) is 63.4 Å². The molecule has 0 bridgehead atoms. The first kappa shape index (κ1) is 16.1. The van der Waals surface area contributed by atoms with Crippen molar-refractivity contribution in [3.63, 3.8) is 0 Å². The molecule has 0 radical (unpaired) electrons. The van der Waals surface area contributed by atoms with Crippen molar-refractivity contribution in [1.82, 2.24) is 10.2 Å². The van der Waals surface area contributed by atoms with Crippen LogP contribution in [-0.4, -0.2) is 30.1 Å². The maximum Gasteiger partial charge on any atom is 0.0717 e. The Balaban J connectivity index is 2.23. The van der Waals surface area contributed by atoms with Crippen LogP contribution in [0.5, 0.6) is 0 Å². The highest BCUT2D eigenvalue weighted by Crippen LogP contribution is 2.28. The molecule has 0 saturated carbocycles. The molecule has 3 unspecified atom stereocenters. The van der Waals surface area contributed by atoms with E-state index < -0.39 is 0 Å². The standard InChI is InChI=1S/C19H28N2/c1-5-10-17(6-2)21-14-18(15(3)4)20-13-19(21)16-11-8-7-9-12-16/h2,7-9,11-12,15,17-20H,5,10,13-14H2,1,3-4H3. The number of hydrogen-bond donors (Lipinski definition) is 1. The van der Waals surface area contributed by atoms with Crippen molar-refractivity contribution in [1.29, 1.82) is 0 Å². The molecule has 1 heterocycles. The molecule has 3 atom stereocenters. The number of terminal acetylenes is 1. The molecule has 1 aromatic rings. The summed E-state index contributed by atoms with van der Waals surface area (Å²) in [7, 11) is 0. The van der Waals surface area contributed by atoms with Crippen molar-refractivity contribution in [3.05, 3.63) is 35.9 Å². The molecule has 114 valence electrons. The highest BCUT2D eigenvalue weighted by atomic mass is 15.3. The van der Waals surface area contributed by atoms with Crippen LogP contribution < -0.4 is 5.32 Å². The van der Waals surface area contributed by atoms with E-state index in [0.29, 0.717) is 18.0 Å². The number of hydrogen-bond acceptors (Lipinski definition) is 2. The van der Waals surface area contributed by atoms with Crippen LogP contribution in [-0.2, 0) is 0 Å². The number of nitrogens with zero attached hydrogens (tertiary/aromatic N) is 1. The van der Waals surface area contributed by atoms with Gasteiger partial charge in [-0.15, -0.1) is 6.42 Å². The largest absolute Gasteiger partial charge is 0.311 e. The third kappa shape index (κ3) is 3.87. The summed E-state index contributed by atoms with van der Waals surface area (Å²) in [4.78, 5) is 2.54. The smallest absolute Gasteiger partial charge is 0.0717 e. The van der Waals surface area contributed by atoms with E-state index in [9.17, 15) is 0 Å². The lowest BCUT2D eigenvalue weighted by Gasteiger charge is -2.44. The van der Waals surface area contributed by atoms with Gasteiger partial charge in [-0.3, -0.25) is 4.90 Å². The second-order valence-electron chi connectivity index (χ2n) is 6.35. The normalized spacial score (nSPS) is 24.7. The second-order valence-corrected chi connectivity index (χ2v) is 6.35. The molecule has 1 fully saturated rings. The van der Waals surface area contributed by atoms with Gasteiger partial charge in [0.1, 0.15) is 0 Å². The van der Waals surface area contributed by atoms with Gasteiger partial charge < -0.3 is 5.32 Å². The van der Waals surface area contributed by atoms with Crippen LogP contribution >= 0.6 is 0 Å². The van der Waals surface area contributed by atoms with Crippen LogP contribution in [0.1, 0.15) is 45.2 Å². The summed E-state index contributed by atoms with van der Waals surface area (Å²) in [6.45, 7) is 8.79. The molecule has 2 heteroatoms. The Morgan fingerprint density at radius 3 is 2.62 bits per heavy atom. The fourth-order valence-electron chi connectivity index (χ4n) is 3.19. The Morgan fingerprint density at radius 1 is 1.33 bits per heavy atom. The minimum Gasteiger partial charge on any atom is -0.311 e. The zero-order valence-corrected chi connectivity index (χ0v) is 13.5. The quantitative estimate of drug-likeness (QED) is 0.833. The van der Waals surface area contributed by atoms with Crippen molar-refractivity contribution in [2.24, 2.45) is 5.92 Å². The van der Waals surface area contributed by atoms with E-state index in [4.69, 9.17) is 6.42 Å². The summed E-state index contributed by atoms with van der Waals surface area (Å²) in [5.74, 6) is 3.66. The highest BCUT2D eigenvalue weighted by Gasteiger charge is 2.33. The molecular weight excluding hydrogens is 256 g/mol. The Morgan fingerprint density at radius 2 is 2.05 bits per heavy atom. The molecule has 1 aliphatic rings. The first-order chi connectivity index (χ1) is 10.2. The predicted molar refractivity (Wildman–Crippen MR) is 90.0 cm³/mol. The van der Waals surface area contributed by atoms with Gasteiger partial charge in [0.2, 0.25) is 0 Å². The van der Waals surface area contributed by atoms with Crippen molar-refractivity contribution < 1.29 is 0 Å². The molecule has 2 nitrogen and oxygen atoms in total. The van der Waals surface area contributed by atoms with Gasteiger partial charge >= 0.3 is 0 Å². The molecule has 0 spiro atoms. The monoisotopic (exact) mass is 284 g/mol. The Kier molecular flexibility index (Phi) is 5.85. The average Bonchev–Trinajstić information content (AvgIpc) is 2.53. The van der Waals surface area contributed by atoms with Gasteiger partial charge in [-0.25, -0.2) is 0 Å². The minimum atomic E-state index is 0.239. The summed E-state index contributed by atoms with van der Waals surface area (Å²) in [6, 6.07) is 11.9. The van der Waals surface area contributed by atoms with Gasteiger partial charge in [0.15, 0.2) is 0 Å². The van der Waals surface area contributed by atoms with E-state index in [1.54, 1.807) is 0 Å². The van der Waals surface area contributed by atoms with Gasteiger partial charge in [0.05, 0.1) is 6.04 Å². The Hall–Kier alpha value is -1.30. The van der Waals surface area contributed by atoms with Crippen LogP contribution in [0, 0.1) is 18.3 Å². The molecule has 0 aliphatic carbocycles. The van der Waals surface area contributed by atoms with Gasteiger partial charge in [-0.2, -0.15) is 0 Å². The van der Waals surface area contributed by atoms with Crippen LogP contribution in [0.3, 0.4) is 0 Å². The number of nitrogens with one attached hydrogen (secondary N) is 1. The average molecular weight is 284 g/mol. The lowest BCUT2D eigenvalue weighted by Crippen LogP contribution is -2.56. The van der Waals surface area contributed by atoms with Crippen molar-refractivity contribution in [2.45, 2.75) is 51.7 Å². The fourth-order valence-corrected chi connectivity index (χ4v) is 3.19. The lowest BCUT2D eigenvalue weighted by atomic mass is 9.93. The number of piperazine rings is 1. The molecule has 1 saturated heterocycles. The van der Waals surface area contributed by atoms with E-state index in [1.165, 1.54) is 5.56 Å². The van der Waals surface area contributed by atoms with E-state index in [2.05, 4.69) is 67.2 Å². The molecule has 21 heavy (non-hydrogen) atoms. The van der Waals surface area contributed by atoms with E-state index in [0.717, 1.165) is 25.9 Å². The van der Waals surface area contributed by atoms with E-state index in [-0.39, 0.29) is 6.04 Å². The molecule has 2 rings (SSSR count). The van der Waals surface area contributed by atoms with Crippen LogP contribution in [0.25, 0.3) is 0 Å². The molecule has 0 amide bonds. The van der Waals surface area contributed by atoms with Crippen LogP contribution in [0.2, 0.25) is 0 Å². The molecule has 1 aromatic carbocycles. The topological polar surface area (TPSA) is 15.3 Å². The van der Waals surface area contributed by atoms with Gasteiger partial charge in [-0.05, 0) is 17.9 Å². The maximum atomic E-state index is 5.84. The zero-order valence-electron chi connectivity index (χ0n) is 13.5. The van der Waals surface area contributed by atoms with Crippen molar-refractivity contribution in [3.8, 4) is 12.3 Å². The predicted octanol–water partition coefficient (Wildman–Crippen LogP) is 3.46. The number of benzene rings is 1. The molecular formula is C19H28N2. The number of rotatable bonds is 5. The molecule has 1 aliphatic heterocycles. The Labute approximate surface area is 129 Å². The molecule has 1 N–H and O–H groups in total. The van der Waals surface area contributed by atoms with Crippen molar-refractivity contribution >= 4 is 0 Å². The first-order valence-electron chi connectivity index (χ1n) is 8.17. The summed E-state index contributed by atoms with van der Waals surface area (Å²) in [5.41, 5.74) is 1.36. The summed E-state index contributed by atoms with van der Waals surface area (Å²) >= 11 is 0. The van der Waals surface area contributed by atoms with Crippen molar-refractivity contribution in [2.75, 3.05) is 13.1 Å². The SMILES string of the molecule is C#CC(CCC)N1CC(C(C)C)NCC1c1ccccc1. The highest BCUT2D eigenvalue weighted by molar-refractivity contribution is 5.22. The second kappa shape index (κ2) is 7.64. The fraction of sp³-hybridized carbons (Fsp3) is 0.579. The minimum absolute atomic E-state index is 0.239. The van der Waals surface area contributed by atoms with Crippen LogP contribution in [0.15, 0.2) is 30.3 Å². The lowest BCUT2D eigenvalue weighted by molar-refractivity contribution is 0.0867. The van der Waals surface area contributed by atoms with E-state index in [1.807, 2.05) is 0 Å². The molecule has 0 aromatic heterocycles. The first-order valence-corrected chi connectivity index (χ1v) is 8.17.